The van der Waals surface area contributed by atoms with Crippen molar-refractivity contribution < 1.29 is 14.3 Å². The lowest BCUT2D eigenvalue weighted by Gasteiger charge is -2.32. The van der Waals surface area contributed by atoms with Crippen LogP contribution in [-0.2, 0) is 0 Å². The molecule has 104 valence electrons. The molecule has 1 atom stereocenters. The molecule has 1 aromatic rings. The average Bonchev–Trinajstić information content (AvgIpc) is 2.41. The van der Waals surface area contributed by atoms with E-state index >= 15 is 0 Å². The lowest BCUT2D eigenvalue weighted by molar-refractivity contribution is 0.0654. The molecule has 0 aromatic heterocycles. The second-order valence-electron chi connectivity index (χ2n) is 5.00. The normalized spacial score (nSPS) is 19.5. The van der Waals surface area contributed by atoms with Crippen molar-refractivity contribution in [1.29, 1.82) is 0 Å². The lowest BCUT2D eigenvalue weighted by atomic mass is 9.94. The largest absolute Gasteiger partial charge is 0.398 e. The van der Waals surface area contributed by atoms with Crippen LogP contribution in [0, 0.1) is 11.7 Å². The molecule has 0 aliphatic carbocycles. The molecule has 19 heavy (non-hydrogen) atoms. The van der Waals surface area contributed by atoms with Gasteiger partial charge in [-0.2, -0.15) is 0 Å². The summed E-state index contributed by atoms with van der Waals surface area (Å²) in [5.74, 6) is -0.362. The number of nitrogen functional groups attached to an aromatic ring is 1. The standard InChI is InChI=1S/C14H19FN2O2/c15-11-3-4-13(16)12(8-11)14(19)17-6-1-2-10(9-17)5-7-18/h3-4,8,10,18H,1-2,5-7,9,16H2. The number of nitrogens with zero attached hydrogens (tertiary/aromatic N) is 1. The zero-order chi connectivity index (χ0) is 13.8. The average molecular weight is 266 g/mol. The number of likely N-dealkylation sites (tertiary alicyclic amines) is 1. The van der Waals surface area contributed by atoms with Crippen LogP contribution in [0.2, 0.25) is 0 Å². The Morgan fingerprint density at radius 3 is 3.05 bits per heavy atom. The molecule has 0 spiro atoms. The molecule has 1 heterocycles. The summed E-state index contributed by atoms with van der Waals surface area (Å²) in [6.07, 6.45) is 2.62. The van der Waals surface area contributed by atoms with Crippen molar-refractivity contribution in [3.8, 4) is 0 Å². The van der Waals surface area contributed by atoms with Crippen molar-refractivity contribution in [1.82, 2.24) is 4.90 Å². The van der Waals surface area contributed by atoms with Crippen LogP contribution in [0.3, 0.4) is 0 Å². The zero-order valence-corrected chi connectivity index (χ0v) is 10.8. The van der Waals surface area contributed by atoms with Gasteiger partial charge in [-0.1, -0.05) is 0 Å². The van der Waals surface area contributed by atoms with Gasteiger partial charge < -0.3 is 15.7 Å². The molecule has 2 rings (SSSR count). The van der Waals surface area contributed by atoms with Gasteiger partial charge in [0.1, 0.15) is 5.82 Å². The molecule has 0 radical (unpaired) electrons. The van der Waals surface area contributed by atoms with E-state index in [1.54, 1.807) is 4.90 Å². The van der Waals surface area contributed by atoms with Gasteiger partial charge in [-0.05, 0) is 43.4 Å². The smallest absolute Gasteiger partial charge is 0.256 e. The first kappa shape index (κ1) is 13.8. The number of benzene rings is 1. The highest BCUT2D eigenvalue weighted by Crippen LogP contribution is 2.23. The fourth-order valence-corrected chi connectivity index (χ4v) is 2.55. The number of anilines is 1. The van der Waals surface area contributed by atoms with Gasteiger partial charge in [0.05, 0.1) is 5.56 Å². The van der Waals surface area contributed by atoms with Crippen molar-refractivity contribution in [2.24, 2.45) is 5.92 Å². The van der Waals surface area contributed by atoms with Crippen molar-refractivity contribution in [3.05, 3.63) is 29.6 Å². The summed E-state index contributed by atoms with van der Waals surface area (Å²) >= 11 is 0. The van der Waals surface area contributed by atoms with E-state index in [0.29, 0.717) is 31.1 Å². The molecule has 1 fully saturated rings. The number of nitrogens with two attached hydrogens (primary N) is 1. The van der Waals surface area contributed by atoms with Crippen LogP contribution in [0.15, 0.2) is 18.2 Å². The SMILES string of the molecule is Nc1ccc(F)cc1C(=O)N1CCCC(CCO)C1. The van der Waals surface area contributed by atoms with Crippen molar-refractivity contribution in [3.63, 3.8) is 0 Å². The molecule has 4 nitrogen and oxygen atoms in total. The van der Waals surface area contributed by atoms with Crippen molar-refractivity contribution in [2.45, 2.75) is 19.3 Å². The zero-order valence-electron chi connectivity index (χ0n) is 10.8. The Morgan fingerprint density at radius 2 is 2.32 bits per heavy atom. The Morgan fingerprint density at radius 1 is 1.53 bits per heavy atom. The monoisotopic (exact) mass is 266 g/mol. The minimum atomic E-state index is -0.457. The van der Waals surface area contributed by atoms with Gasteiger partial charge in [-0.3, -0.25) is 4.79 Å². The third-order valence-electron chi connectivity index (χ3n) is 3.59. The van der Waals surface area contributed by atoms with Crippen LogP contribution in [0.1, 0.15) is 29.6 Å². The molecule has 1 aliphatic rings. The van der Waals surface area contributed by atoms with E-state index < -0.39 is 5.82 Å². The summed E-state index contributed by atoms with van der Waals surface area (Å²) in [4.78, 5) is 14.0. The molecule has 0 saturated carbocycles. The summed E-state index contributed by atoms with van der Waals surface area (Å²) < 4.78 is 13.2. The number of piperidine rings is 1. The highest BCUT2D eigenvalue weighted by Gasteiger charge is 2.25. The fraction of sp³-hybridized carbons (Fsp3) is 0.500. The van der Waals surface area contributed by atoms with Crippen molar-refractivity contribution >= 4 is 11.6 Å². The van der Waals surface area contributed by atoms with Crippen LogP contribution < -0.4 is 5.73 Å². The van der Waals surface area contributed by atoms with E-state index in [2.05, 4.69) is 0 Å². The van der Waals surface area contributed by atoms with Gasteiger partial charge >= 0.3 is 0 Å². The Balaban J connectivity index is 2.12. The predicted octanol–water partition coefficient (Wildman–Crippen LogP) is 1.64. The third-order valence-corrected chi connectivity index (χ3v) is 3.59. The van der Waals surface area contributed by atoms with Crippen LogP contribution in [0.4, 0.5) is 10.1 Å². The molecule has 3 N–H and O–H groups in total. The van der Waals surface area contributed by atoms with Crippen LogP contribution in [0.25, 0.3) is 0 Å². The van der Waals surface area contributed by atoms with Gasteiger partial charge in [-0.25, -0.2) is 4.39 Å². The van der Waals surface area contributed by atoms with Gasteiger partial charge in [0.25, 0.3) is 5.91 Å². The first-order chi connectivity index (χ1) is 9.11. The van der Waals surface area contributed by atoms with E-state index in [-0.39, 0.29) is 18.1 Å². The van der Waals surface area contributed by atoms with Crippen LogP contribution in [-0.4, -0.2) is 35.6 Å². The number of carbonyl (C=O) groups excluding carboxylic acids is 1. The van der Waals surface area contributed by atoms with Crippen LogP contribution in [0.5, 0.6) is 0 Å². The van der Waals surface area contributed by atoms with Gasteiger partial charge in [0.15, 0.2) is 0 Å². The molecule has 0 bridgehead atoms. The quantitative estimate of drug-likeness (QED) is 0.817. The summed E-state index contributed by atoms with van der Waals surface area (Å²) in [6.45, 7) is 1.40. The minimum absolute atomic E-state index is 0.134. The van der Waals surface area contributed by atoms with E-state index in [1.807, 2.05) is 0 Å². The second kappa shape index (κ2) is 6.02. The van der Waals surface area contributed by atoms with E-state index in [0.717, 1.165) is 12.8 Å². The fourth-order valence-electron chi connectivity index (χ4n) is 2.55. The van der Waals surface area contributed by atoms with Gasteiger partial charge in [-0.15, -0.1) is 0 Å². The summed E-state index contributed by atoms with van der Waals surface area (Å²) in [6, 6.07) is 3.85. The maximum absolute atomic E-state index is 13.2. The Kier molecular flexibility index (Phi) is 4.37. The summed E-state index contributed by atoms with van der Waals surface area (Å²) in [5.41, 5.74) is 6.26. The number of rotatable bonds is 3. The molecule has 1 aromatic carbocycles. The topological polar surface area (TPSA) is 66.6 Å². The molecule has 1 amide bonds. The molecule has 1 aliphatic heterocycles. The number of amides is 1. The number of hydrogen-bond donors (Lipinski definition) is 2. The van der Waals surface area contributed by atoms with E-state index in [1.165, 1.54) is 18.2 Å². The number of hydrogen-bond acceptors (Lipinski definition) is 3. The van der Waals surface area contributed by atoms with Crippen LogP contribution >= 0.6 is 0 Å². The lowest BCUT2D eigenvalue weighted by Crippen LogP contribution is -2.40. The second-order valence-corrected chi connectivity index (χ2v) is 5.00. The van der Waals surface area contributed by atoms with E-state index in [4.69, 9.17) is 10.8 Å². The number of aliphatic hydroxyl groups excluding tert-OH is 1. The number of carbonyl (C=O) groups is 1. The molecule has 1 saturated heterocycles. The molecule has 5 heteroatoms. The van der Waals surface area contributed by atoms with Gasteiger partial charge in [0, 0.05) is 25.4 Å². The van der Waals surface area contributed by atoms with Crippen molar-refractivity contribution in [2.75, 3.05) is 25.4 Å². The van der Waals surface area contributed by atoms with E-state index in [9.17, 15) is 9.18 Å². The maximum Gasteiger partial charge on any atom is 0.256 e. The first-order valence-corrected chi connectivity index (χ1v) is 6.57. The maximum atomic E-state index is 13.2. The Hall–Kier alpha value is -1.62. The highest BCUT2D eigenvalue weighted by atomic mass is 19.1. The highest BCUT2D eigenvalue weighted by molar-refractivity contribution is 5.99. The Labute approximate surface area is 112 Å². The molecular weight excluding hydrogens is 247 g/mol. The molecule has 1 unspecified atom stereocenters. The summed E-state index contributed by atoms with van der Waals surface area (Å²) in [5, 5.41) is 8.97. The van der Waals surface area contributed by atoms with Gasteiger partial charge in [0.2, 0.25) is 0 Å². The predicted molar refractivity (Wildman–Crippen MR) is 71.1 cm³/mol. The minimum Gasteiger partial charge on any atom is -0.398 e. The number of halogens is 1. The third kappa shape index (κ3) is 3.23. The summed E-state index contributed by atoms with van der Waals surface area (Å²) in [7, 11) is 0. The number of aliphatic hydroxyl groups is 1. The Bertz CT molecular complexity index is 463. The molecular formula is C14H19FN2O2. The first-order valence-electron chi connectivity index (χ1n) is 6.57.